The molecular weight excluding hydrogens is 264 g/mol. The summed E-state index contributed by atoms with van der Waals surface area (Å²) < 4.78 is 5.23. The number of thiazole rings is 1. The van der Waals surface area contributed by atoms with Crippen molar-refractivity contribution in [2.75, 3.05) is 12.4 Å². The minimum atomic E-state index is -0.965. The molecule has 0 saturated carbocycles. The summed E-state index contributed by atoms with van der Waals surface area (Å²) in [6, 6.07) is 4.70. The van der Waals surface area contributed by atoms with E-state index in [1.807, 2.05) is 12.3 Å². The number of aromatic carboxylic acids is 1. The lowest BCUT2D eigenvalue weighted by Crippen LogP contribution is -2.08. The largest absolute Gasteiger partial charge is 0.495 e. The third-order valence-electron chi connectivity index (χ3n) is 2.64. The number of methoxy groups -OCH3 is 1. The number of benzene rings is 1. The van der Waals surface area contributed by atoms with Crippen molar-refractivity contribution in [2.24, 2.45) is 0 Å². The van der Waals surface area contributed by atoms with E-state index in [1.54, 1.807) is 36.8 Å². The molecule has 0 aliphatic heterocycles. The zero-order chi connectivity index (χ0) is 13.8. The number of anilines is 1. The number of ether oxygens (including phenoxy) is 1. The molecule has 2 rings (SSSR count). The van der Waals surface area contributed by atoms with Crippen molar-refractivity contribution in [2.45, 2.75) is 13.0 Å². The first-order valence-electron chi connectivity index (χ1n) is 5.69. The highest BCUT2D eigenvalue weighted by Gasteiger charge is 2.13. The zero-order valence-electron chi connectivity index (χ0n) is 10.6. The zero-order valence-corrected chi connectivity index (χ0v) is 11.4. The number of carboxylic acid groups (broad SMARTS) is 1. The Hall–Kier alpha value is -2.08. The van der Waals surface area contributed by atoms with E-state index in [-0.39, 0.29) is 11.6 Å². The maximum atomic E-state index is 11.0. The average Bonchev–Trinajstić information content (AvgIpc) is 2.92. The number of nitrogens with zero attached hydrogens (tertiary/aromatic N) is 1. The molecule has 0 saturated heterocycles. The first kappa shape index (κ1) is 13.4. The van der Waals surface area contributed by atoms with E-state index >= 15 is 0 Å². The quantitative estimate of drug-likeness (QED) is 0.879. The van der Waals surface area contributed by atoms with Crippen LogP contribution >= 0.6 is 11.3 Å². The molecule has 6 heteroatoms. The first-order valence-corrected chi connectivity index (χ1v) is 6.57. The maximum absolute atomic E-state index is 11.0. The van der Waals surface area contributed by atoms with Gasteiger partial charge in [-0.15, -0.1) is 11.3 Å². The van der Waals surface area contributed by atoms with Crippen molar-refractivity contribution in [3.63, 3.8) is 0 Å². The minimum Gasteiger partial charge on any atom is -0.495 e. The molecule has 0 aliphatic rings. The Morgan fingerprint density at radius 2 is 2.32 bits per heavy atom. The summed E-state index contributed by atoms with van der Waals surface area (Å²) in [6.07, 6.45) is 1.74. The second kappa shape index (κ2) is 5.71. The summed E-state index contributed by atoms with van der Waals surface area (Å²) in [7, 11) is 1.55. The average molecular weight is 278 g/mol. The Balaban J connectivity index is 2.27. The molecular formula is C13H14N2O3S. The van der Waals surface area contributed by atoms with Crippen molar-refractivity contribution in [1.82, 2.24) is 4.98 Å². The topological polar surface area (TPSA) is 71.5 Å². The number of rotatable bonds is 5. The third kappa shape index (κ3) is 3.03. The molecule has 1 heterocycles. The Bertz CT molecular complexity index is 569. The molecule has 1 aromatic heterocycles. The number of hydrogen-bond acceptors (Lipinski definition) is 5. The van der Waals surface area contributed by atoms with Crippen LogP contribution in [-0.2, 0) is 0 Å². The van der Waals surface area contributed by atoms with Crippen molar-refractivity contribution < 1.29 is 14.6 Å². The van der Waals surface area contributed by atoms with Gasteiger partial charge in [-0.25, -0.2) is 9.78 Å². The highest BCUT2D eigenvalue weighted by atomic mass is 32.1. The molecule has 0 bridgehead atoms. The van der Waals surface area contributed by atoms with E-state index in [4.69, 9.17) is 9.84 Å². The summed E-state index contributed by atoms with van der Waals surface area (Å²) in [6.45, 7) is 1.96. The maximum Gasteiger partial charge on any atom is 0.335 e. The fourth-order valence-electron chi connectivity index (χ4n) is 1.70. The minimum absolute atomic E-state index is 0.0158. The van der Waals surface area contributed by atoms with Gasteiger partial charge in [-0.05, 0) is 25.1 Å². The highest BCUT2D eigenvalue weighted by Crippen LogP contribution is 2.29. The van der Waals surface area contributed by atoms with Crippen LogP contribution in [0.4, 0.5) is 5.69 Å². The summed E-state index contributed by atoms with van der Waals surface area (Å²) in [4.78, 5) is 15.2. The van der Waals surface area contributed by atoms with Crippen LogP contribution in [0.5, 0.6) is 5.75 Å². The van der Waals surface area contributed by atoms with Gasteiger partial charge in [-0.2, -0.15) is 0 Å². The van der Waals surface area contributed by atoms with Crippen LogP contribution in [0.3, 0.4) is 0 Å². The Labute approximate surface area is 114 Å². The van der Waals surface area contributed by atoms with Crippen LogP contribution in [0.1, 0.15) is 28.3 Å². The lowest BCUT2D eigenvalue weighted by molar-refractivity contribution is 0.0697. The van der Waals surface area contributed by atoms with E-state index in [0.717, 1.165) is 5.01 Å². The van der Waals surface area contributed by atoms with Gasteiger partial charge in [-0.1, -0.05) is 0 Å². The predicted molar refractivity (Wildman–Crippen MR) is 74.1 cm³/mol. The number of hydrogen-bond donors (Lipinski definition) is 2. The lowest BCUT2D eigenvalue weighted by Gasteiger charge is -2.16. The molecule has 5 nitrogen and oxygen atoms in total. The molecule has 2 aromatic rings. The molecule has 0 radical (unpaired) electrons. The van der Waals surface area contributed by atoms with Crippen molar-refractivity contribution in [1.29, 1.82) is 0 Å². The summed E-state index contributed by atoms with van der Waals surface area (Å²) in [5.74, 6) is -0.360. The van der Waals surface area contributed by atoms with Gasteiger partial charge in [-0.3, -0.25) is 0 Å². The van der Waals surface area contributed by atoms with Crippen LogP contribution in [0.15, 0.2) is 29.8 Å². The Morgan fingerprint density at radius 1 is 1.53 bits per heavy atom. The van der Waals surface area contributed by atoms with Gasteiger partial charge in [0.2, 0.25) is 0 Å². The van der Waals surface area contributed by atoms with Crippen LogP contribution in [-0.4, -0.2) is 23.2 Å². The smallest absolute Gasteiger partial charge is 0.335 e. The van der Waals surface area contributed by atoms with E-state index in [1.165, 1.54) is 6.07 Å². The molecule has 2 N–H and O–H groups in total. The number of carboxylic acids is 1. The lowest BCUT2D eigenvalue weighted by atomic mass is 10.1. The van der Waals surface area contributed by atoms with E-state index in [2.05, 4.69) is 10.3 Å². The van der Waals surface area contributed by atoms with Gasteiger partial charge < -0.3 is 15.2 Å². The van der Waals surface area contributed by atoms with Gasteiger partial charge in [0.25, 0.3) is 0 Å². The van der Waals surface area contributed by atoms with Crippen molar-refractivity contribution in [3.05, 3.63) is 40.3 Å². The molecule has 1 atom stereocenters. The molecule has 19 heavy (non-hydrogen) atoms. The normalized spacial score (nSPS) is 11.9. The predicted octanol–water partition coefficient (Wildman–Crippen LogP) is 3.02. The third-order valence-corrected chi connectivity index (χ3v) is 3.60. The molecule has 1 aromatic carbocycles. The Kier molecular flexibility index (Phi) is 4.01. The molecule has 0 amide bonds. The molecule has 0 fully saturated rings. The molecule has 0 aliphatic carbocycles. The highest BCUT2D eigenvalue weighted by molar-refractivity contribution is 7.09. The van der Waals surface area contributed by atoms with Gasteiger partial charge in [0.1, 0.15) is 10.8 Å². The van der Waals surface area contributed by atoms with Crippen LogP contribution in [0, 0.1) is 0 Å². The van der Waals surface area contributed by atoms with Crippen molar-refractivity contribution in [3.8, 4) is 5.75 Å². The van der Waals surface area contributed by atoms with E-state index in [0.29, 0.717) is 11.4 Å². The molecule has 0 spiro atoms. The molecule has 1 unspecified atom stereocenters. The fourth-order valence-corrected chi connectivity index (χ4v) is 2.34. The van der Waals surface area contributed by atoms with E-state index < -0.39 is 5.97 Å². The summed E-state index contributed by atoms with van der Waals surface area (Å²) in [5, 5.41) is 15.1. The van der Waals surface area contributed by atoms with Gasteiger partial charge in [0.05, 0.1) is 24.4 Å². The van der Waals surface area contributed by atoms with Crippen LogP contribution < -0.4 is 10.1 Å². The second-order valence-electron chi connectivity index (χ2n) is 3.96. The first-order chi connectivity index (χ1) is 9.11. The number of carbonyl (C=O) groups is 1. The second-order valence-corrected chi connectivity index (χ2v) is 4.88. The van der Waals surface area contributed by atoms with Crippen LogP contribution in [0.2, 0.25) is 0 Å². The van der Waals surface area contributed by atoms with Gasteiger partial charge in [0.15, 0.2) is 0 Å². The van der Waals surface area contributed by atoms with Crippen molar-refractivity contribution >= 4 is 23.0 Å². The standard InChI is InChI=1S/C13H14N2O3S/c1-8(12-14-5-6-19-12)15-10-7-9(13(16)17)3-4-11(10)18-2/h3-8,15H,1-2H3,(H,16,17). The number of aromatic nitrogens is 1. The van der Waals surface area contributed by atoms with E-state index in [9.17, 15) is 4.79 Å². The molecule has 100 valence electrons. The van der Waals surface area contributed by atoms with Crippen LogP contribution in [0.25, 0.3) is 0 Å². The number of nitrogens with one attached hydrogen (secondary N) is 1. The summed E-state index contributed by atoms with van der Waals surface area (Å²) >= 11 is 1.54. The van der Waals surface area contributed by atoms with Gasteiger partial charge >= 0.3 is 5.97 Å². The van der Waals surface area contributed by atoms with Gasteiger partial charge in [0, 0.05) is 11.6 Å². The Morgan fingerprint density at radius 3 is 2.89 bits per heavy atom. The SMILES string of the molecule is COc1ccc(C(=O)O)cc1NC(C)c1nccs1. The summed E-state index contributed by atoms with van der Waals surface area (Å²) in [5.41, 5.74) is 0.861. The monoisotopic (exact) mass is 278 g/mol. The fraction of sp³-hybridized carbons (Fsp3) is 0.231.